The Hall–Kier alpha value is -2.08. The van der Waals surface area contributed by atoms with Crippen molar-refractivity contribution in [2.75, 3.05) is 11.9 Å². The van der Waals surface area contributed by atoms with Gasteiger partial charge >= 0.3 is 0 Å². The summed E-state index contributed by atoms with van der Waals surface area (Å²) in [5.74, 6) is 1.48. The van der Waals surface area contributed by atoms with E-state index in [-0.39, 0.29) is 0 Å². The lowest BCUT2D eigenvalue weighted by molar-refractivity contribution is 0.333. The third kappa shape index (κ3) is 2.02. The topological polar surface area (TPSA) is 48.7 Å². The van der Waals surface area contributed by atoms with Crippen LogP contribution in [-0.4, -0.2) is 11.5 Å². The van der Waals surface area contributed by atoms with Gasteiger partial charge in [-0.2, -0.15) is 5.26 Å². The van der Waals surface area contributed by atoms with Crippen LogP contribution in [0.1, 0.15) is 24.8 Å². The molecule has 1 aromatic carbocycles. The van der Waals surface area contributed by atoms with Gasteiger partial charge in [0.15, 0.2) is 0 Å². The third-order valence-electron chi connectivity index (χ3n) is 3.63. The molecule has 0 spiro atoms. The van der Waals surface area contributed by atoms with Crippen molar-refractivity contribution in [2.24, 2.45) is 5.92 Å². The normalized spacial score (nSPS) is 15.1. The number of fused-ring (bicyclic) bond motifs is 1. The second kappa shape index (κ2) is 4.66. The molecule has 0 atom stereocenters. The van der Waals surface area contributed by atoms with Gasteiger partial charge in [-0.1, -0.05) is 24.6 Å². The molecule has 0 unspecified atom stereocenters. The smallest absolute Gasteiger partial charge is 0.144 e. The molecule has 0 saturated heterocycles. The van der Waals surface area contributed by atoms with E-state index < -0.39 is 0 Å². The molecule has 0 amide bonds. The zero-order valence-electron chi connectivity index (χ0n) is 10.2. The van der Waals surface area contributed by atoms with Gasteiger partial charge < -0.3 is 5.32 Å². The molecule has 1 N–H and O–H groups in total. The van der Waals surface area contributed by atoms with Crippen molar-refractivity contribution in [3.8, 4) is 6.07 Å². The zero-order valence-corrected chi connectivity index (χ0v) is 10.2. The molecule has 18 heavy (non-hydrogen) atoms. The maximum Gasteiger partial charge on any atom is 0.144 e. The van der Waals surface area contributed by atoms with Crippen molar-refractivity contribution < 1.29 is 0 Å². The van der Waals surface area contributed by atoms with Crippen molar-refractivity contribution in [2.45, 2.75) is 19.3 Å². The van der Waals surface area contributed by atoms with Crippen LogP contribution < -0.4 is 5.32 Å². The second-order valence-corrected chi connectivity index (χ2v) is 4.87. The average molecular weight is 237 g/mol. The van der Waals surface area contributed by atoms with Gasteiger partial charge in [0, 0.05) is 11.9 Å². The highest BCUT2D eigenvalue weighted by Crippen LogP contribution is 2.27. The number of benzene rings is 1. The van der Waals surface area contributed by atoms with E-state index in [4.69, 9.17) is 0 Å². The molecule has 0 aliphatic heterocycles. The van der Waals surface area contributed by atoms with Crippen molar-refractivity contribution in [1.82, 2.24) is 4.98 Å². The molecule has 1 aliphatic rings. The van der Waals surface area contributed by atoms with Crippen LogP contribution >= 0.6 is 0 Å². The summed E-state index contributed by atoms with van der Waals surface area (Å²) in [4.78, 5) is 4.54. The number of pyridine rings is 1. The summed E-state index contributed by atoms with van der Waals surface area (Å²) in [6.45, 7) is 0.931. The van der Waals surface area contributed by atoms with Gasteiger partial charge in [0.1, 0.15) is 11.9 Å². The van der Waals surface area contributed by atoms with Crippen LogP contribution in [0.15, 0.2) is 30.3 Å². The fourth-order valence-corrected chi connectivity index (χ4v) is 2.27. The number of hydrogen-bond donors (Lipinski definition) is 1. The Morgan fingerprint density at radius 3 is 2.89 bits per heavy atom. The molecule has 1 aromatic heterocycles. The summed E-state index contributed by atoms with van der Waals surface area (Å²) >= 11 is 0. The number of para-hydroxylation sites is 1. The molecule has 1 saturated carbocycles. The van der Waals surface area contributed by atoms with E-state index in [1.807, 2.05) is 30.3 Å². The summed E-state index contributed by atoms with van der Waals surface area (Å²) < 4.78 is 0. The quantitative estimate of drug-likeness (QED) is 0.890. The fourth-order valence-electron chi connectivity index (χ4n) is 2.27. The molecule has 0 radical (unpaired) electrons. The molecule has 90 valence electrons. The first-order valence-corrected chi connectivity index (χ1v) is 6.40. The Morgan fingerprint density at radius 1 is 1.33 bits per heavy atom. The fraction of sp³-hybridized carbons (Fsp3) is 0.333. The van der Waals surface area contributed by atoms with Gasteiger partial charge in [0.05, 0.1) is 11.1 Å². The van der Waals surface area contributed by atoms with Crippen LogP contribution in [0.5, 0.6) is 0 Å². The molecular weight excluding hydrogens is 222 g/mol. The lowest BCUT2D eigenvalue weighted by Gasteiger charge is -2.25. The Labute approximate surface area is 106 Å². The first kappa shape index (κ1) is 11.0. The summed E-state index contributed by atoms with van der Waals surface area (Å²) in [5.41, 5.74) is 1.57. The maximum absolute atomic E-state index is 9.18. The predicted octanol–water partition coefficient (Wildman–Crippen LogP) is 3.32. The third-order valence-corrected chi connectivity index (χ3v) is 3.63. The maximum atomic E-state index is 9.18. The van der Waals surface area contributed by atoms with E-state index in [1.165, 1.54) is 19.3 Å². The highest BCUT2D eigenvalue weighted by Gasteiger charge is 2.17. The van der Waals surface area contributed by atoms with Crippen LogP contribution in [0.2, 0.25) is 0 Å². The van der Waals surface area contributed by atoms with E-state index in [0.29, 0.717) is 5.56 Å². The van der Waals surface area contributed by atoms with Gasteiger partial charge in [-0.3, -0.25) is 0 Å². The summed E-state index contributed by atoms with van der Waals surface area (Å²) in [5, 5.41) is 13.5. The summed E-state index contributed by atoms with van der Waals surface area (Å²) in [6, 6.07) is 12.0. The molecule has 3 heteroatoms. The minimum atomic E-state index is 0.632. The molecule has 3 nitrogen and oxygen atoms in total. The largest absolute Gasteiger partial charge is 0.369 e. The number of hydrogen-bond acceptors (Lipinski definition) is 3. The zero-order chi connectivity index (χ0) is 12.4. The van der Waals surface area contributed by atoms with E-state index >= 15 is 0 Å². The Bertz CT molecular complexity index is 609. The molecule has 2 aromatic rings. The first-order chi connectivity index (χ1) is 8.86. The van der Waals surface area contributed by atoms with Gasteiger partial charge in [0.2, 0.25) is 0 Å². The van der Waals surface area contributed by atoms with E-state index in [1.54, 1.807) is 0 Å². The number of anilines is 1. The molecular formula is C15H15N3. The summed E-state index contributed by atoms with van der Waals surface area (Å²) in [6.07, 6.45) is 3.92. The molecule has 0 bridgehead atoms. The number of nitrogens with one attached hydrogen (secondary N) is 1. The van der Waals surface area contributed by atoms with Crippen LogP contribution in [0.25, 0.3) is 10.9 Å². The Kier molecular flexibility index (Phi) is 2.85. The molecule has 1 fully saturated rings. The van der Waals surface area contributed by atoms with Gasteiger partial charge in [-0.15, -0.1) is 0 Å². The van der Waals surface area contributed by atoms with Crippen LogP contribution in [0, 0.1) is 17.2 Å². The van der Waals surface area contributed by atoms with Crippen LogP contribution in [-0.2, 0) is 0 Å². The number of nitrogens with zero attached hydrogens (tertiary/aromatic N) is 2. The van der Waals surface area contributed by atoms with Crippen molar-refractivity contribution in [3.63, 3.8) is 0 Å². The van der Waals surface area contributed by atoms with Crippen LogP contribution in [0.3, 0.4) is 0 Å². The number of aromatic nitrogens is 1. The Balaban J connectivity index is 1.91. The molecule has 1 aliphatic carbocycles. The lowest BCUT2D eigenvalue weighted by atomic mass is 9.85. The molecule has 1 heterocycles. The van der Waals surface area contributed by atoms with E-state index in [0.717, 1.165) is 29.2 Å². The SMILES string of the molecule is N#Cc1cc2ccccc2nc1NCC1CCC1. The van der Waals surface area contributed by atoms with Gasteiger partial charge in [0.25, 0.3) is 0 Å². The monoisotopic (exact) mass is 237 g/mol. The predicted molar refractivity (Wildman–Crippen MR) is 72.3 cm³/mol. The highest BCUT2D eigenvalue weighted by molar-refractivity contribution is 5.82. The average Bonchev–Trinajstić information content (AvgIpc) is 2.36. The van der Waals surface area contributed by atoms with Crippen molar-refractivity contribution >= 4 is 16.7 Å². The lowest BCUT2D eigenvalue weighted by Crippen LogP contribution is -2.21. The summed E-state index contributed by atoms with van der Waals surface area (Å²) in [7, 11) is 0. The first-order valence-electron chi connectivity index (χ1n) is 6.40. The molecule has 3 rings (SSSR count). The van der Waals surface area contributed by atoms with Crippen molar-refractivity contribution in [1.29, 1.82) is 5.26 Å². The minimum Gasteiger partial charge on any atom is -0.369 e. The van der Waals surface area contributed by atoms with Gasteiger partial charge in [-0.05, 0) is 30.9 Å². The number of rotatable bonds is 3. The minimum absolute atomic E-state index is 0.632. The van der Waals surface area contributed by atoms with Gasteiger partial charge in [-0.25, -0.2) is 4.98 Å². The van der Waals surface area contributed by atoms with Crippen LogP contribution in [0.4, 0.5) is 5.82 Å². The van der Waals surface area contributed by atoms with E-state index in [2.05, 4.69) is 16.4 Å². The highest BCUT2D eigenvalue weighted by atomic mass is 15.0. The standard InChI is InChI=1S/C15H15N3/c16-9-13-8-12-6-1-2-7-14(12)18-15(13)17-10-11-4-3-5-11/h1-2,6-8,11H,3-5,10H2,(H,17,18). The van der Waals surface area contributed by atoms with Crippen molar-refractivity contribution in [3.05, 3.63) is 35.9 Å². The second-order valence-electron chi connectivity index (χ2n) is 4.87. The Morgan fingerprint density at radius 2 is 2.17 bits per heavy atom. The number of nitriles is 1. The van der Waals surface area contributed by atoms with E-state index in [9.17, 15) is 5.26 Å².